The summed E-state index contributed by atoms with van der Waals surface area (Å²) in [6.07, 6.45) is 1.06. The van der Waals surface area contributed by atoms with Crippen LogP contribution in [-0.4, -0.2) is 27.0 Å². The fourth-order valence-electron chi connectivity index (χ4n) is 2.30. The van der Waals surface area contributed by atoms with Crippen molar-refractivity contribution in [2.24, 2.45) is 0 Å². The van der Waals surface area contributed by atoms with Gasteiger partial charge in [-0.2, -0.15) is 0 Å². The summed E-state index contributed by atoms with van der Waals surface area (Å²) in [7, 11) is 0. The Labute approximate surface area is 132 Å². The van der Waals surface area contributed by atoms with E-state index in [0.717, 1.165) is 5.56 Å². The second kappa shape index (κ2) is 6.23. The summed E-state index contributed by atoms with van der Waals surface area (Å²) in [4.78, 5) is 20.8. The Balaban J connectivity index is 2.33. The lowest BCUT2D eigenvalue weighted by atomic mass is 9.88. The average molecular weight is 323 g/mol. The molecular formula is C16H15ClO5. The number of hydrogen-bond donors (Lipinski definition) is 2. The molecule has 2 N–H and O–H groups in total. The molecule has 0 amide bonds. The third-order valence-corrected chi connectivity index (χ3v) is 3.85. The molecule has 0 aromatic heterocycles. The normalized spacial score (nSPS) is 21.3. The fourth-order valence-corrected chi connectivity index (χ4v) is 2.65. The summed E-state index contributed by atoms with van der Waals surface area (Å²) in [6.45, 7) is 1.74. The maximum atomic E-state index is 11.5. The van der Waals surface area contributed by atoms with Gasteiger partial charge in [0.2, 0.25) is 4.87 Å². The Kier molecular flexibility index (Phi) is 4.56. The molecule has 1 aromatic rings. The van der Waals surface area contributed by atoms with Gasteiger partial charge in [-0.25, -0.2) is 9.59 Å². The summed E-state index contributed by atoms with van der Waals surface area (Å²) >= 11 is 6.19. The minimum Gasteiger partial charge on any atom is -0.490 e. The highest BCUT2D eigenvalue weighted by Gasteiger charge is 2.47. The van der Waals surface area contributed by atoms with Crippen molar-refractivity contribution in [3.8, 4) is 0 Å². The van der Waals surface area contributed by atoms with Crippen LogP contribution < -0.4 is 0 Å². The van der Waals surface area contributed by atoms with Crippen LogP contribution >= 0.6 is 11.6 Å². The molecule has 0 spiro atoms. The molecule has 0 saturated heterocycles. The van der Waals surface area contributed by atoms with E-state index in [9.17, 15) is 14.7 Å². The lowest BCUT2D eigenvalue weighted by molar-refractivity contribution is -0.140. The van der Waals surface area contributed by atoms with Crippen LogP contribution in [0.4, 0.5) is 0 Å². The summed E-state index contributed by atoms with van der Waals surface area (Å²) in [5, 5.41) is 18.5. The van der Waals surface area contributed by atoms with Crippen LogP contribution in [0, 0.1) is 0 Å². The molecule has 1 unspecified atom stereocenters. The Morgan fingerprint density at radius 1 is 1.27 bits per heavy atom. The van der Waals surface area contributed by atoms with Gasteiger partial charge in [-0.15, -0.1) is 0 Å². The number of aliphatic carboxylic acids is 2. The van der Waals surface area contributed by atoms with Crippen LogP contribution in [0.2, 0.25) is 0 Å². The largest absolute Gasteiger partial charge is 0.490 e. The molecule has 116 valence electrons. The van der Waals surface area contributed by atoms with Crippen molar-refractivity contribution in [1.82, 2.24) is 0 Å². The topological polar surface area (TPSA) is 83.8 Å². The van der Waals surface area contributed by atoms with E-state index in [0.29, 0.717) is 5.57 Å². The zero-order valence-electron chi connectivity index (χ0n) is 11.9. The summed E-state index contributed by atoms with van der Waals surface area (Å²) in [6, 6.07) is 9.23. The molecule has 6 heteroatoms. The van der Waals surface area contributed by atoms with Crippen molar-refractivity contribution >= 4 is 23.5 Å². The summed E-state index contributed by atoms with van der Waals surface area (Å²) in [5.41, 5.74) is 1.21. The lowest BCUT2D eigenvalue weighted by Gasteiger charge is -2.30. The van der Waals surface area contributed by atoms with Gasteiger partial charge in [-0.3, -0.25) is 0 Å². The van der Waals surface area contributed by atoms with Gasteiger partial charge in [-0.1, -0.05) is 41.9 Å². The quantitative estimate of drug-likeness (QED) is 0.814. The molecule has 2 rings (SSSR count). The van der Waals surface area contributed by atoms with E-state index in [1.54, 1.807) is 6.92 Å². The first-order chi connectivity index (χ1) is 10.3. The number of carboxylic acids is 2. The van der Waals surface area contributed by atoms with Crippen LogP contribution in [0.25, 0.3) is 0 Å². The molecule has 0 fully saturated rings. The monoisotopic (exact) mass is 322 g/mol. The van der Waals surface area contributed by atoms with Crippen molar-refractivity contribution < 1.29 is 24.5 Å². The molecule has 1 aliphatic rings. The maximum absolute atomic E-state index is 11.5. The molecule has 0 saturated carbocycles. The highest BCUT2D eigenvalue weighted by atomic mass is 35.5. The molecule has 0 heterocycles. The lowest BCUT2D eigenvalue weighted by Crippen LogP contribution is -2.39. The Morgan fingerprint density at radius 3 is 2.45 bits per heavy atom. The molecule has 5 nitrogen and oxygen atoms in total. The van der Waals surface area contributed by atoms with Gasteiger partial charge in [0.1, 0.15) is 12.4 Å². The average Bonchev–Trinajstić information content (AvgIpc) is 2.47. The Bertz CT molecular complexity index is 662. The second-order valence-electron chi connectivity index (χ2n) is 5.04. The van der Waals surface area contributed by atoms with E-state index in [1.165, 1.54) is 6.08 Å². The van der Waals surface area contributed by atoms with E-state index in [-0.39, 0.29) is 24.4 Å². The van der Waals surface area contributed by atoms with Crippen LogP contribution in [0.1, 0.15) is 18.9 Å². The first kappa shape index (κ1) is 16.1. The van der Waals surface area contributed by atoms with Crippen LogP contribution in [0.5, 0.6) is 0 Å². The molecule has 22 heavy (non-hydrogen) atoms. The molecule has 0 radical (unpaired) electrons. The number of rotatable bonds is 5. The SMILES string of the molecule is CC1=C(OCc2ccccc2)C(Cl)(C(=O)O)CC(C(=O)O)=C1. The van der Waals surface area contributed by atoms with Crippen molar-refractivity contribution in [1.29, 1.82) is 0 Å². The summed E-state index contributed by atoms with van der Waals surface area (Å²) in [5.74, 6) is -2.44. The van der Waals surface area contributed by atoms with Crippen molar-refractivity contribution in [3.05, 3.63) is 58.9 Å². The molecule has 1 aliphatic carbocycles. The van der Waals surface area contributed by atoms with Crippen LogP contribution in [0.3, 0.4) is 0 Å². The smallest absolute Gasteiger partial charge is 0.333 e. The van der Waals surface area contributed by atoms with Crippen molar-refractivity contribution in [2.75, 3.05) is 0 Å². The van der Waals surface area contributed by atoms with Crippen LogP contribution in [-0.2, 0) is 20.9 Å². The van der Waals surface area contributed by atoms with Gasteiger partial charge < -0.3 is 14.9 Å². The maximum Gasteiger partial charge on any atom is 0.333 e. The standard InChI is InChI=1S/C16H15ClO5/c1-10-7-12(14(18)19)8-16(17,15(20)21)13(10)22-9-11-5-3-2-4-6-11/h2-7H,8-9H2,1H3,(H,18,19)(H,20,21). The highest BCUT2D eigenvalue weighted by molar-refractivity contribution is 6.36. The Morgan fingerprint density at radius 2 is 1.91 bits per heavy atom. The number of ether oxygens (including phenoxy) is 1. The van der Waals surface area contributed by atoms with Gasteiger partial charge in [-0.05, 0) is 24.1 Å². The molecule has 1 atom stereocenters. The third kappa shape index (κ3) is 3.14. The van der Waals surface area contributed by atoms with Crippen molar-refractivity contribution in [3.63, 3.8) is 0 Å². The molecule has 1 aromatic carbocycles. The number of alkyl halides is 1. The van der Waals surface area contributed by atoms with Gasteiger partial charge in [0.25, 0.3) is 0 Å². The molecule has 0 aliphatic heterocycles. The van der Waals surface area contributed by atoms with Gasteiger partial charge >= 0.3 is 11.9 Å². The number of benzene rings is 1. The number of allylic oxidation sites excluding steroid dienone is 2. The number of halogens is 1. The first-order valence-corrected chi connectivity index (χ1v) is 6.96. The van der Waals surface area contributed by atoms with Crippen LogP contribution in [0.15, 0.2) is 53.3 Å². The molecule has 0 bridgehead atoms. The summed E-state index contributed by atoms with van der Waals surface area (Å²) < 4.78 is 5.62. The van der Waals surface area contributed by atoms with E-state index >= 15 is 0 Å². The van der Waals surface area contributed by atoms with Gasteiger partial charge in [0.05, 0.1) is 0 Å². The highest BCUT2D eigenvalue weighted by Crippen LogP contribution is 2.40. The van der Waals surface area contributed by atoms with E-state index in [2.05, 4.69) is 0 Å². The van der Waals surface area contributed by atoms with Gasteiger partial charge in [0, 0.05) is 12.0 Å². The minimum atomic E-state index is -1.90. The number of carboxylic acid groups (broad SMARTS) is 2. The van der Waals surface area contributed by atoms with E-state index < -0.39 is 16.8 Å². The van der Waals surface area contributed by atoms with Crippen molar-refractivity contribution in [2.45, 2.75) is 24.8 Å². The predicted molar refractivity (Wildman–Crippen MR) is 80.5 cm³/mol. The predicted octanol–water partition coefficient (Wildman–Crippen LogP) is 2.95. The fraction of sp³-hybridized carbons (Fsp3) is 0.250. The zero-order valence-corrected chi connectivity index (χ0v) is 12.6. The van der Waals surface area contributed by atoms with E-state index in [4.69, 9.17) is 21.4 Å². The zero-order chi connectivity index (χ0) is 16.3. The number of carbonyl (C=O) groups is 2. The third-order valence-electron chi connectivity index (χ3n) is 3.38. The van der Waals surface area contributed by atoms with E-state index in [1.807, 2.05) is 30.3 Å². The van der Waals surface area contributed by atoms with Gasteiger partial charge in [0.15, 0.2) is 0 Å². The second-order valence-corrected chi connectivity index (χ2v) is 5.69. The number of hydrogen-bond acceptors (Lipinski definition) is 3. The Hall–Kier alpha value is -2.27. The molecular weight excluding hydrogens is 308 g/mol. The first-order valence-electron chi connectivity index (χ1n) is 6.59. The minimum absolute atomic E-state index is 0.0537.